The van der Waals surface area contributed by atoms with Crippen molar-refractivity contribution in [3.05, 3.63) is 29.8 Å². The summed E-state index contributed by atoms with van der Waals surface area (Å²) in [6.45, 7) is 11.8. The van der Waals surface area contributed by atoms with E-state index in [2.05, 4.69) is 58.1 Å². The average Bonchev–Trinajstić information content (AvgIpc) is 2.28. The van der Waals surface area contributed by atoms with Crippen LogP contribution in [-0.4, -0.2) is 19.2 Å². The van der Waals surface area contributed by atoms with Crippen LogP contribution in [0.25, 0.3) is 0 Å². The number of hydrogen-bond acceptors (Lipinski definition) is 2. The fraction of sp³-hybridized carbons (Fsp3) is 0.625. The van der Waals surface area contributed by atoms with Crippen molar-refractivity contribution in [2.75, 3.05) is 13.6 Å². The molecule has 1 rings (SSSR count). The molecule has 2 heteroatoms. The van der Waals surface area contributed by atoms with E-state index in [0.717, 1.165) is 18.7 Å². The zero-order valence-corrected chi connectivity index (χ0v) is 12.6. The number of para-hydroxylation sites is 1. The Morgan fingerprint density at radius 2 is 1.72 bits per heavy atom. The second kappa shape index (κ2) is 5.75. The number of likely N-dealkylation sites (N-methyl/N-ethyl adjacent to an activating group) is 1. The van der Waals surface area contributed by atoms with E-state index in [9.17, 15) is 0 Å². The highest BCUT2D eigenvalue weighted by Gasteiger charge is 2.26. The van der Waals surface area contributed by atoms with Gasteiger partial charge in [0.15, 0.2) is 0 Å². The SMILES string of the molecule is CCC(C)(CNC)Oc1ccccc1C(C)(C)C. The molecule has 0 radical (unpaired) electrons. The molecule has 18 heavy (non-hydrogen) atoms. The molecule has 0 bridgehead atoms. The summed E-state index contributed by atoms with van der Waals surface area (Å²) >= 11 is 0. The maximum Gasteiger partial charge on any atom is 0.123 e. The molecule has 0 amide bonds. The summed E-state index contributed by atoms with van der Waals surface area (Å²) in [6.07, 6.45) is 0.978. The summed E-state index contributed by atoms with van der Waals surface area (Å²) in [5.41, 5.74) is 1.21. The molecule has 1 unspecified atom stereocenters. The van der Waals surface area contributed by atoms with Crippen molar-refractivity contribution in [2.45, 2.75) is 52.1 Å². The van der Waals surface area contributed by atoms with Crippen molar-refractivity contribution in [1.29, 1.82) is 0 Å². The standard InChI is InChI=1S/C16H27NO/c1-7-16(5,12-17-6)18-14-11-9-8-10-13(14)15(2,3)4/h8-11,17H,7,12H2,1-6H3. The van der Waals surface area contributed by atoms with Gasteiger partial charge in [-0.15, -0.1) is 0 Å². The molecule has 0 heterocycles. The number of benzene rings is 1. The van der Waals surface area contributed by atoms with Gasteiger partial charge in [-0.25, -0.2) is 0 Å². The summed E-state index contributed by atoms with van der Waals surface area (Å²) in [4.78, 5) is 0. The van der Waals surface area contributed by atoms with E-state index >= 15 is 0 Å². The minimum Gasteiger partial charge on any atom is -0.486 e. The highest BCUT2D eigenvalue weighted by molar-refractivity contribution is 5.38. The van der Waals surface area contributed by atoms with Gasteiger partial charge in [-0.2, -0.15) is 0 Å². The Bertz CT molecular complexity index is 381. The number of nitrogens with one attached hydrogen (secondary N) is 1. The van der Waals surface area contributed by atoms with Crippen molar-refractivity contribution in [3.63, 3.8) is 0 Å². The van der Waals surface area contributed by atoms with Crippen LogP contribution in [0.3, 0.4) is 0 Å². The zero-order valence-electron chi connectivity index (χ0n) is 12.6. The zero-order chi connectivity index (χ0) is 13.8. The molecule has 0 aromatic heterocycles. The minimum absolute atomic E-state index is 0.102. The molecule has 2 nitrogen and oxygen atoms in total. The van der Waals surface area contributed by atoms with E-state index in [1.807, 2.05) is 13.1 Å². The van der Waals surface area contributed by atoms with Crippen molar-refractivity contribution in [3.8, 4) is 5.75 Å². The average molecular weight is 249 g/mol. The number of hydrogen-bond donors (Lipinski definition) is 1. The van der Waals surface area contributed by atoms with Gasteiger partial charge in [0.25, 0.3) is 0 Å². The molecule has 0 fully saturated rings. The van der Waals surface area contributed by atoms with Crippen LogP contribution in [-0.2, 0) is 5.41 Å². The van der Waals surface area contributed by atoms with Crippen LogP contribution in [0, 0.1) is 0 Å². The molecule has 0 spiro atoms. The van der Waals surface area contributed by atoms with E-state index < -0.39 is 0 Å². The molecule has 1 aromatic carbocycles. The molecular weight excluding hydrogens is 222 g/mol. The Labute approximate surface area is 112 Å². The monoisotopic (exact) mass is 249 g/mol. The smallest absolute Gasteiger partial charge is 0.123 e. The van der Waals surface area contributed by atoms with E-state index in [1.54, 1.807) is 0 Å². The third-order valence-electron chi connectivity index (χ3n) is 3.35. The third kappa shape index (κ3) is 3.74. The Kier molecular flexibility index (Phi) is 4.80. The second-order valence-electron chi connectivity index (χ2n) is 6.18. The van der Waals surface area contributed by atoms with Crippen LogP contribution in [0.15, 0.2) is 24.3 Å². The maximum absolute atomic E-state index is 6.29. The molecule has 1 aromatic rings. The van der Waals surface area contributed by atoms with Gasteiger partial charge in [-0.05, 0) is 37.4 Å². The highest BCUT2D eigenvalue weighted by Crippen LogP contribution is 2.33. The third-order valence-corrected chi connectivity index (χ3v) is 3.35. The molecule has 0 aliphatic carbocycles. The predicted molar refractivity (Wildman–Crippen MR) is 78.4 cm³/mol. The summed E-state index contributed by atoms with van der Waals surface area (Å²) in [7, 11) is 1.97. The topological polar surface area (TPSA) is 21.3 Å². The summed E-state index contributed by atoms with van der Waals surface area (Å²) < 4.78 is 6.29. The summed E-state index contributed by atoms with van der Waals surface area (Å²) in [6, 6.07) is 8.35. The lowest BCUT2D eigenvalue weighted by atomic mass is 9.86. The van der Waals surface area contributed by atoms with Crippen LogP contribution < -0.4 is 10.1 Å². The molecule has 0 aliphatic rings. The fourth-order valence-electron chi connectivity index (χ4n) is 2.05. The maximum atomic E-state index is 6.29. The minimum atomic E-state index is -0.157. The van der Waals surface area contributed by atoms with Gasteiger partial charge in [-0.1, -0.05) is 45.9 Å². The molecule has 1 N–H and O–H groups in total. The lowest BCUT2D eigenvalue weighted by Crippen LogP contribution is -2.41. The van der Waals surface area contributed by atoms with E-state index in [1.165, 1.54) is 5.56 Å². The first kappa shape index (κ1) is 15.0. The first-order chi connectivity index (χ1) is 8.32. The summed E-state index contributed by atoms with van der Waals surface area (Å²) in [5, 5.41) is 3.21. The molecular formula is C16H27NO. The first-order valence-electron chi connectivity index (χ1n) is 6.75. The number of rotatable bonds is 5. The molecule has 102 valence electrons. The van der Waals surface area contributed by atoms with Crippen molar-refractivity contribution < 1.29 is 4.74 Å². The molecule has 1 atom stereocenters. The second-order valence-corrected chi connectivity index (χ2v) is 6.18. The Morgan fingerprint density at radius 3 is 2.22 bits per heavy atom. The van der Waals surface area contributed by atoms with Crippen LogP contribution in [0.2, 0.25) is 0 Å². The van der Waals surface area contributed by atoms with Crippen molar-refractivity contribution in [2.24, 2.45) is 0 Å². The van der Waals surface area contributed by atoms with Crippen LogP contribution >= 0.6 is 0 Å². The van der Waals surface area contributed by atoms with E-state index in [-0.39, 0.29) is 11.0 Å². The normalized spacial score (nSPS) is 15.2. The first-order valence-corrected chi connectivity index (χ1v) is 6.75. The van der Waals surface area contributed by atoms with Crippen LogP contribution in [0.5, 0.6) is 5.75 Å². The van der Waals surface area contributed by atoms with Gasteiger partial charge in [0.1, 0.15) is 11.4 Å². The quantitative estimate of drug-likeness (QED) is 0.858. The Hall–Kier alpha value is -1.02. The van der Waals surface area contributed by atoms with Gasteiger partial charge in [-0.3, -0.25) is 0 Å². The summed E-state index contributed by atoms with van der Waals surface area (Å²) in [5.74, 6) is 1.00. The molecule has 0 saturated heterocycles. The van der Waals surface area contributed by atoms with Crippen LogP contribution in [0.4, 0.5) is 0 Å². The highest BCUT2D eigenvalue weighted by atomic mass is 16.5. The fourth-order valence-corrected chi connectivity index (χ4v) is 2.05. The largest absolute Gasteiger partial charge is 0.486 e. The van der Waals surface area contributed by atoms with Crippen molar-refractivity contribution in [1.82, 2.24) is 5.32 Å². The van der Waals surface area contributed by atoms with E-state index in [4.69, 9.17) is 4.74 Å². The van der Waals surface area contributed by atoms with Gasteiger partial charge in [0.2, 0.25) is 0 Å². The molecule has 0 aliphatic heterocycles. The lowest BCUT2D eigenvalue weighted by molar-refractivity contribution is 0.0834. The molecule has 0 saturated carbocycles. The number of ether oxygens (including phenoxy) is 1. The van der Waals surface area contributed by atoms with Gasteiger partial charge < -0.3 is 10.1 Å². The van der Waals surface area contributed by atoms with Gasteiger partial charge >= 0.3 is 0 Å². The van der Waals surface area contributed by atoms with E-state index in [0.29, 0.717) is 0 Å². The van der Waals surface area contributed by atoms with Gasteiger partial charge in [0.05, 0.1) is 0 Å². The Morgan fingerprint density at radius 1 is 1.11 bits per heavy atom. The Balaban J connectivity index is 3.04. The lowest BCUT2D eigenvalue weighted by Gasteiger charge is -2.32. The van der Waals surface area contributed by atoms with Crippen LogP contribution in [0.1, 0.15) is 46.6 Å². The van der Waals surface area contributed by atoms with Gasteiger partial charge in [0, 0.05) is 6.54 Å². The van der Waals surface area contributed by atoms with Crippen molar-refractivity contribution >= 4 is 0 Å². The predicted octanol–water partition coefficient (Wildman–Crippen LogP) is 3.75.